The number of benzene rings is 2. The number of hydrogen-bond donors (Lipinski definition) is 0. The highest BCUT2D eigenvalue weighted by Crippen LogP contribution is 2.51. The number of fused-ring (bicyclic) bond motifs is 2. The van der Waals surface area contributed by atoms with Crippen molar-refractivity contribution in [2.75, 3.05) is 20.8 Å². The van der Waals surface area contributed by atoms with E-state index in [0.29, 0.717) is 6.54 Å². The summed E-state index contributed by atoms with van der Waals surface area (Å²) in [5.41, 5.74) is 6.02. The van der Waals surface area contributed by atoms with Gasteiger partial charge in [0.2, 0.25) is 0 Å². The monoisotopic (exact) mass is 397 g/mol. The van der Waals surface area contributed by atoms with Gasteiger partial charge in [0.25, 0.3) is 0 Å². The summed E-state index contributed by atoms with van der Waals surface area (Å²) in [7, 11) is -0.402. The average Bonchev–Trinajstić information content (AvgIpc) is 2.87. The van der Waals surface area contributed by atoms with E-state index >= 15 is 0 Å². The fraction of sp³-hybridized carbons (Fsp3) is 0.304. The quantitative estimate of drug-likeness (QED) is 0.451. The van der Waals surface area contributed by atoms with E-state index in [1.807, 2.05) is 13.8 Å². The maximum absolute atomic E-state index is 12.9. The van der Waals surface area contributed by atoms with Crippen molar-refractivity contribution >= 4 is 25.5 Å². The zero-order valence-electron chi connectivity index (χ0n) is 17.0. The lowest BCUT2D eigenvalue weighted by Gasteiger charge is -2.31. The van der Waals surface area contributed by atoms with Crippen molar-refractivity contribution < 1.29 is 13.6 Å². The van der Waals surface area contributed by atoms with Gasteiger partial charge in [-0.15, -0.1) is 0 Å². The molecular formula is C23H28NO3P. The number of nitrogens with zero attached hydrogens (tertiary/aromatic N) is 1. The molecule has 148 valence electrons. The second-order valence-corrected chi connectivity index (χ2v) is 9.19. The maximum atomic E-state index is 12.9. The Balaban J connectivity index is 1.95. The summed E-state index contributed by atoms with van der Waals surface area (Å²) in [6, 6.07) is 16.9. The van der Waals surface area contributed by atoms with Crippen LogP contribution in [0.15, 0.2) is 54.6 Å². The first-order valence-electron chi connectivity index (χ1n) is 9.56. The molecule has 0 aliphatic heterocycles. The molecule has 0 aromatic heterocycles. The van der Waals surface area contributed by atoms with Gasteiger partial charge in [0.1, 0.15) is 0 Å². The van der Waals surface area contributed by atoms with Gasteiger partial charge in [-0.3, -0.25) is 9.05 Å². The summed E-state index contributed by atoms with van der Waals surface area (Å²) in [6.45, 7) is 4.58. The molecule has 0 saturated carbocycles. The number of rotatable bonds is 7. The van der Waals surface area contributed by atoms with Gasteiger partial charge in [0.15, 0.2) is 0 Å². The van der Waals surface area contributed by atoms with Gasteiger partial charge >= 0.3 is 7.75 Å². The predicted octanol–water partition coefficient (Wildman–Crippen LogP) is 6.10. The van der Waals surface area contributed by atoms with E-state index in [1.54, 1.807) is 4.67 Å². The Labute approximate surface area is 168 Å². The molecular weight excluding hydrogens is 369 g/mol. The lowest BCUT2D eigenvalue weighted by Crippen LogP contribution is -2.30. The highest BCUT2D eigenvalue weighted by molar-refractivity contribution is 7.51. The summed E-state index contributed by atoms with van der Waals surface area (Å²) in [5, 5.41) is 0. The third kappa shape index (κ3) is 4.21. The summed E-state index contributed by atoms with van der Waals surface area (Å²) in [4.78, 5) is 0. The summed E-state index contributed by atoms with van der Waals surface area (Å²) in [6.07, 6.45) is 7.29. The van der Waals surface area contributed by atoms with E-state index in [-0.39, 0.29) is 6.04 Å². The van der Waals surface area contributed by atoms with Crippen LogP contribution < -0.4 is 0 Å². The lowest BCUT2D eigenvalue weighted by atomic mass is 9.93. The van der Waals surface area contributed by atoms with Crippen LogP contribution in [0.2, 0.25) is 0 Å². The minimum Gasteiger partial charge on any atom is -0.300 e. The maximum Gasteiger partial charge on any atom is 0.407 e. The molecule has 0 heterocycles. The van der Waals surface area contributed by atoms with Crippen molar-refractivity contribution in [3.8, 4) is 0 Å². The first-order valence-corrected chi connectivity index (χ1v) is 11.1. The first-order chi connectivity index (χ1) is 13.5. The van der Waals surface area contributed by atoms with Crippen molar-refractivity contribution in [2.24, 2.45) is 0 Å². The second kappa shape index (κ2) is 9.02. The van der Waals surface area contributed by atoms with Gasteiger partial charge in [-0.05, 0) is 48.1 Å². The van der Waals surface area contributed by atoms with E-state index in [0.717, 1.165) is 6.42 Å². The van der Waals surface area contributed by atoms with Crippen molar-refractivity contribution in [3.63, 3.8) is 0 Å². The molecule has 0 unspecified atom stereocenters. The molecule has 0 N–H and O–H groups in total. The molecule has 0 radical (unpaired) electrons. The Morgan fingerprint density at radius 2 is 1.43 bits per heavy atom. The Hall–Kier alpha value is -1.97. The van der Waals surface area contributed by atoms with Crippen molar-refractivity contribution in [1.82, 2.24) is 4.67 Å². The Kier molecular flexibility index (Phi) is 6.69. The van der Waals surface area contributed by atoms with Crippen LogP contribution in [-0.2, 0) is 13.6 Å². The molecule has 0 bridgehead atoms. The van der Waals surface area contributed by atoms with Gasteiger partial charge in [-0.25, -0.2) is 9.24 Å². The lowest BCUT2D eigenvalue weighted by molar-refractivity contribution is 0.192. The second-order valence-electron chi connectivity index (χ2n) is 7.00. The smallest absolute Gasteiger partial charge is 0.300 e. The molecule has 0 amide bonds. The van der Waals surface area contributed by atoms with Gasteiger partial charge in [-0.2, -0.15) is 0 Å². The highest BCUT2D eigenvalue weighted by Gasteiger charge is 2.32. The SMILES string of the molecule is COP(=O)(OC)N(CCC=C1c2ccccc2C=Cc2ccccc21)C(C)C. The third-order valence-electron chi connectivity index (χ3n) is 5.02. The third-order valence-corrected chi connectivity index (χ3v) is 7.24. The molecule has 2 aromatic rings. The molecule has 0 atom stereocenters. The van der Waals surface area contributed by atoms with Crippen molar-refractivity contribution in [1.29, 1.82) is 0 Å². The highest BCUT2D eigenvalue weighted by atomic mass is 31.2. The molecule has 5 heteroatoms. The standard InChI is InChI=1S/C23H28NO3P/c1-18(2)24(28(25,26-3)27-4)17-9-14-23-21-12-7-5-10-19(21)15-16-20-11-6-8-13-22(20)23/h5-8,10-16,18H,9,17H2,1-4H3. The van der Waals surface area contributed by atoms with Crippen LogP contribution in [-0.4, -0.2) is 31.5 Å². The molecule has 0 fully saturated rings. The molecule has 0 spiro atoms. The van der Waals surface area contributed by atoms with Crippen LogP contribution in [0.25, 0.3) is 17.7 Å². The minimum atomic E-state index is -3.27. The van der Waals surface area contributed by atoms with Gasteiger partial charge in [0.05, 0.1) is 0 Å². The van der Waals surface area contributed by atoms with Crippen LogP contribution in [0.3, 0.4) is 0 Å². The van der Waals surface area contributed by atoms with E-state index in [1.165, 1.54) is 42.0 Å². The summed E-state index contributed by atoms with van der Waals surface area (Å²) in [5.74, 6) is 0. The average molecular weight is 397 g/mol. The molecule has 0 saturated heterocycles. The minimum absolute atomic E-state index is 0.0412. The zero-order valence-corrected chi connectivity index (χ0v) is 17.9. The van der Waals surface area contributed by atoms with E-state index < -0.39 is 7.75 Å². The van der Waals surface area contributed by atoms with Crippen LogP contribution in [0.4, 0.5) is 0 Å². The van der Waals surface area contributed by atoms with Crippen LogP contribution in [0.1, 0.15) is 42.5 Å². The largest absolute Gasteiger partial charge is 0.407 e. The van der Waals surface area contributed by atoms with Crippen molar-refractivity contribution in [2.45, 2.75) is 26.3 Å². The van der Waals surface area contributed by atoms with Crippen molar-refractivity contribution in [3.05, 3.63) is 76.9 Å². The predicted molar refractivity (Wildman–Crippen MR) is 117 cm³/mol. The summed E-state index contributed by atoms with van der Waals surface area (Å²) < 4.78 is 25.1. The zero-order chi connectivity index (χ0) is 20.1. The molecule has 1 aliphatic rings. The van der Waals surface area contributed by atoms with Crippen LogP contribution in [0, 0.1) is 0 Å². The fourth-order valence-corrected chi connectivity index (χ4v) is 5.10. The Bertz CT molecular complexity index is 873. The molecule has 2 aromatic carbocycles. The summed E-state index contributed by atoms with van der Waals surface area (Å²) >= 11 is 0. The van der Waals surface area contributed by atoms with Gasteiger partial charge in [-0.1, -0.05) is 66.8 Å². The number of hydrogen-bond acceptors (Lipinski definition) is 3. The van der Waals surface area contributed by atoms with Crippen LogP contribution in [0.5, 0.6) is 0 Å². The first kappa shape index (κ1) is 20.8. The Morgan fingerprint density at radius 3 is 1.89 bits per heavy atom. The molecule has 1 aliphatic carbocycles. The topological polar surface area (TPSA) is 38.8 Å². The van der Waals surface area contributed by atoms with Crippen LogP contribution >= 0.6 is 7.75 Å². The van der Waals surface area contributed by atoms with Gasteiger partial charge in [0, 0.05) is 26.8 Å². The molecule has 28 heavy (non-hydrogen) atoms. The Morgan fingerprint density at radius 1 is 0.929 bits per heavy atom. The van der Waals surface area contributed by atoms with Gasteiger partial charge < -0.3 is 0 Å². The van der Waals surface area contributed by atoms with E-state index in [9.17, 15) is 4.57 Å². The molecule has 3 rings (SSSR count). The molecule has 4 nitrogen and oxygen atoms in total. The normalized spacial score (nSPS) is 13.4. The van der Waals surface area contributed by atoms with E-state index in [4.69, 9.17) is 9.05 Å². The fourth-order valence-electron chi connectivity index (χ4n) is 3.61. The van der Waals surface area contributed by atoms with E-state index in [2.05, 4.69) is 66.8 Å².